The van der Waals surface area contributed by atoms with E-state index in [-0.39, 0.29) is 11.6 Å². The van der Waals surface area contributed by atoms with Crippen LogP contribution in [0.4, 0.5) is 8.78 Å². The second kappa shape index (κ2) is 11.1. The predicted octanol–water partition coefficient (Wildman–Crippen LogP) is 6.04. The Labute approximate surface area is 184 Å². The first-order chi connectivity index (χ1) is 14.6. The van der Waals surface area contributed by atoms with Crippen LogP contribution in [0.2, 0.25) is 0 Å². The molecule has 0 aromatic heterocycles. The van der Waals surface area contributed by atoms with E-state index in [9.17, 15) is 8.78 Å². The second-order valence-corrected chi connectivity index (χ2v) is 7.63. The average Bonchev–Trinajstić information content (AvgIpc) is 2.73. The van der Waals surface area contributed by atoms with Gasteiger partial charge in [0.15, 0.2) is 11.5 Å². The van der Waals surface area contributed by atoms with Gasteiger partial charge in [0.2, 0.25) is 0 Å². The molecule has 0 fully saturated rings. The van der Waals surface area contributed by atoms with Crippen LogP contribution < -0.4 is 14.8 Å². The summed E-state index contributed by atoms with van der Waals surface area (Å²) in [6.45, 7) is 4.00. The third-order valence-electron chi connectivity index (χ3n) is 4.52. The van der Waals surface area contributed by atoms with Crippen LogP contribution in [-0.2, 0) is 19.6 Å². The fraction of sp³-hybridized carbons (Fsp3) is 0.250. The number of hydrogen-bond donors (Lipinski definition) is 1. The number of halogens is 3. The Hall–Kier alpha value is -2.44. The van der Waals surface area contributed by atoms with E-state index in [1.807, 2.05) is 25.1 Å². The van der Waals surface area contributed by atoms with Crippen LogP contribution in [0.1, 0.15) is 23.6 Å². The lowest BCUT2D eigenvalue weighted by Gasteiger charge is -2.16. The molecule has 0 aliphatic heterocycles. The third kappa shape index (κ3) is 6.28. The summed E-state index contributed by atoms with van der Waals surface area (Å²) in [5.74, 6) is 0.793. The number of benzene rings is 3. The summed E-state index contributed by atoms with van der Waals surface area (Å²) in [6.07, 6.45) is 0.616. The van der Waals surface area contributed by atoms with Crippen molar-refractivity contribution in [2.45, 2.75) is 26.5 Å². The van der Waals surface area contributed by atoms with Crippen LogP contribution >= 0.6 is 15.9 Å². The molecule has 1 N–H and O–H groups in total. The first kappa shape index (κ1) is 22.2. The molecule has 0 aliphatic carbocycles. The summed E-state index contributed by atoms with van der Waals surface area (Å²) >= 11 is 3.57. The molecule has 0 spiro atoms. The van der Waals surface area contributed by atoms with Crippen molar-refractivity contribution < 1.29 is 18.3 Å². The normalized spacial score (nSPS) is 10.8. The zero-order chi connectivity index (χ0) is 21.3. The van der Waals surface area contributed by atoms with Crippen LogP contribution in [0, 0.1) is 11.6 Å². The lowest BCUT2D eigenvalue weighted by Crippen LogP contribution is -2.17. The zero-order valence-corrected chi connectivity index (χ0v) is 18.3. The van der Waals surface area contributed by atoms with Crippen molar-refractivity contribution in [1.29, 1.82) is 0 Å². The van der Waals surface area contributed by atoms with E-state index in [2.05, 4.69) is 21.2 Å². The van der Waals surface area contributed by atoms with Crippen molar-refractivity contribution >= 4 is 15.9 Å². The second-order valence-electron chi connectivity index (χ2n) is 6.77. The topological polar surface area (TPSA) is 30.5 Å². The minimum absolute atomic E-state index is 0.177. The molecule has 158 valence electrons. The molecule has 0 atom stereocenters. The molecule has 0 bridgehead atoms. The Balaban J connectivity index is 1.61. The van der Waals surface area contributed by atoms with Gasteiger partial charge >= 0.3 is 0 Å². The van der Waals surface area contributed by atoms with Crippen LogP contribution in [0.15, 0.2) is 65.1 Å². The van der Waals surface area contributed by atoms with Gasteiger partial charge in [-0.05, 0) is 82.8 Å². The van der Waals surface area contributed by atoms with Crippen molar-refractivity contribution in [3.8, 4) is 11.5 Å². The van der Waals surface area contributed by atoms with Gasteiger partial charge in [0, 0.05) is 6.54 Å². The zero-order valence-electron chi connectivity index (χ0n) is 16.8. The molecule has 30 heavy (non-hydrogen) atoms. The van der Waals surface area contributed by atoms with Gasteiger partial charge in [0.05, 0.1) is 11.1 Å². The molecular weight excluding hydrogens is 452 g/mol. The maximum atomic E-state index is 13.7. The molecule has 0 unspecified atom stereocenters. The molecule has 3 rings (SSSR count). The number of rotatable bonds is 10. The highest BCUT2D eigenvalue weighted by atomic mass is 79.9. The van der Waals surface area contributed by atoms with Gasteiger partial charge in [0.1, 0.15) is 18.2 Å². The number of nitrogens with one attached hydrogen (secondary N) is 1. The molecule has 0 saturated carbocycles. The van der Waals surface area contributed by atoms with Gasteiger partial charge in [-0.3, -0.25) is 0 Å². The molecule has 3 aromatic rings. The van der Waals surface area contributed by atoms with E-state index in [0.29, 0.717) is 49.8 Å². The van der Waals surface area contributed by atoms with Crippen molar-refractivity contribution in [1.82, 2.24) is 5.32 Å². The van der Waals surface area contributed by atoms with E-state index in [4.69, 9.17) is 9.47 Å². The molecular formula is C24H24BrF2NO2. The van der Waals surface area contributed by atoms with Crippen LogP contribution in [0.3, 0.4) is 0 Å². The molecule has 3 nitrogen and oxygen atoms in total. The highest BCUT2D eigenvalue weighted by Crippen LogP contribution is 2.37. The number of hydrogen-bond acceptors (Lipinski definition) is 3. The summed E-state index contributed by atoms with van der Waals surface area (Å²) in [5.41, 5.74) is 2.59. The van der Waals surface area contributed by atoms with Crippen molar-refractivity contribution in [3.63, 3.8) is 0 Å². The summed E-state index contributed by atoms with van der Waals surface area (Å²) in [6, 6.07) is 16.9. The highest BCUT2D eigenvalue weighted by molar-refractivity contribution is 9.10. The van der Waals surface area contributed by atoms with Crippen LogP contribution in [0.5, 0.6) is 11.5 Å². The van der Waals surface area contributed by atoms with E-state index < -0.39 is 0 Å². The van der Waals surface area contributed by atoms with Gasteiger partial charge in [-0.15, -0.1) is 0 Å². The van der Waals surface area contributed by atoms with Crippen molar-refractivity contribution in [2.24, 2.45) is 0 Å². The number of ether oxygens (including phenoxy) is 2. The van der Waals surface area contributed by atoms with E-state index >= 15 is 0 Å². The first-order valence-electron chi connectivity index (χ1n) is 9.83. The van der Waals surface area contributed by atoms with Crippen LogP contribution in [-0.4, -0.2) is 13.2 Å². The third-order valence-corrected chi connectivity index (χ3v) is 5.11. The Morgan fingerprint density at radius 1 is 0.933 bits per heavy atom. The fourth-order valence-corrected chi connectivity index (χ4v) is 3.62. The predicted molar refractivity (Wildman–Crippen MR) is 118 cm³/mol. The van der Waals surface area contributed by atoms with E-state index in [0.717, 1.165) is 15.6 Å². The van der Waals surface area contributed by atoms with Gasteiger partial charge < -0.3 is 14.8 Å². The smallest absolute Gasteiger partial charge is 0.175 e. The summed E-state index contributed by atoms with van der Waals surface area (Å²) < 4.78 is 39.3. The van der Waals surface area contributed by atoms with Crippen molar-refractivity contribution in [3.05, 3.63) is 93.5 Å². The minimum atomic E-state index is -0.276. The molecule has 6 heteroatoms. The standard InChI is InChI=1S/C24H24BrF2NO2/c1-2-29-23-14-18(15-28-12-11-19-5-3-4-6-22(19)27)13-21(25)24(23)30-16-17-7-9-20(26)10-8-17/h3-10,13-14,28H,2,11-12,15-16H2,1H3. The van der Waals surface area contributed by atoms with Crippen LogP contribution in [0.25, 0.3) is 0 Å². The quantitative estimate of drug-likeness (QED) is 0.362. The average molecular weight is 476 g/mol. The van der Waals surface area contributed by atoms with E-state index in [1.165, 1.54) is 18.2 Å². The Morgan fingerprint density at radius 3 is 2.43 bits per heavy atom. The van der Waals surface area contributed by atoms with Gasteiger partial charge in [-0.1, -0.05) is 30.3 Å². The lowest BCUT2D eigenvalue weighted by molar-refractivity contribution is 0.267. The SMILES string of the molecule is CCOc1cc(CNCCc2ccccc2F)cc(Br)c1OCc1ccc(F)cc1. The van der Waals surface area contributed by atoms with Gasteiger partial charge in [0.25, 0.3) is 0 Å². The summed E-state index contributed by atoms with van der Waals surface area (Å²) in [7, 11) is 0. The maximum Gasteiger partial charge on any atom is 0.175 e. The largest absolute Gasteiger partial charge is 0.490 e. The minimum Gasteiger partial charge on any atom is -0.490 e. The molecule has 0 amide bonds. The maximum absolute atomic E-state index is 13.7. The molecule has 0 radical (unpaired) electrons. The highest BCUT2D eigenvalue weighted by Gasteiger charge is 2.13. The summed E-state index contributed by atoms with van der Waals surface area (Å²) in [5, 5.41) is 3.34. The molecule has 0 saturated heterocycles. The first-order valence-corrected chi connectivity index (χ1v) is 10.6. The van der Waals surface area contributed by atoms with E-state index in [1.54, 1.807) is 24.3 Å². The monoisotopic (exact) mass is 475 g/mol. The van der Waals surface area contributed by atoms with Crippen molar-refractivity contribution in [2.75, 3.05) is 13.2 Å². The Bertz CT molecular complexity index is 964. The molecule has 0 aliphatic rings. The lowest BCUT2D eigenvalue weighted by atomic mass is 10.1. The Morgan fingerprint density at radius 2 is 1.70 bits per heavy atom. The Kier molecular flexibility index (Phi) is 8.22. The van der Waals surface area contributed by atoms with Gasteiger partial charge in [-0.25, -0.2) is 8.78 Å². The fourth-order valence-electron chi connectivity index (χ4n) is 3.02. The summed E-state index contributed by atoms with van der Waals surface area (Å²) in [4.78, 5) is 0. The van der Waals surface area contributed by atoms with Gasteiger partial charge in [-0.2, -0.15) is 0 Å². The molecule has 3 aromatic carbocycles. The molecule has 0 heterocycles.